The lowest BCUT2D eigenvalue weighted by atomic mass is 9.92. The van der Waals surface area contributed by atoms with Gasteiger partial charge in [0.05, 0.1) is 6.04 Å². The van der Waals surface area contributed by atoms with Crippen LogP contribution in [0.4, 0.5) is 0 Å². The molecule has 0 N–H and O–H groups in total. The lowest BCUT2D eigenvalue weighted by molar-refractivity contribution is -0.143. The van der Waals surface area contributed by atoms with Crippen molar-refractivity contribution in [2.45, 2.75) is 110 Å². The molecule has 5 heteroatoms. The van der Waals surface area contributed by atoms with E-state index < -0.39 is 0 Å². The second-order valence-electron chi connectivity index (χ2n) is 10.6. The average Bonchev–Trinajstić information content (AvgIpc) is 3.35. The number of amides is 2. The monoisotopic (exact) mass is 510 g/mol. The number of hydrogen-bond donors (Lipinski definition) is 0. The van der Waals surface area contributed by atoms with Gasteiger partial charge in [0.25, 0.3) is 0 Å². The van der Waals surface area contributed by atoms with Crippen LogP contribution in [0.2, 0.25) is 0 Å². The maximum Gasteiger partial charge on any atom is 0.243 e. The van der Waals surface area contributed by atoms with Crippen molar-refractivity contribution in [1.82, 2.24) is 9.80 Å². The Morgan fingerprint density at radius 1 is 0.972 bits per heavy atom. The molecular weight excluding hydrogens is 464 g/mol. The fourth-order valence-electron chi connectivity index (χ4n) is 5.22. The minimum Gasteiger partial charge on any atom is -0.331 e. The van der Waals surface area contributed by atoms with Gasteiger partial charge in [-0.05, 0) is 56.2 Å². The Hall–Kier alpha value is -2.14. The summed E-state index contributed by atoms with van der Waals surface area (Å²) in [5.41, 5.74) is 3.59. The highest BCUT2D eigenvalue weighted by Gasteiger charge is 2.34. The summed E-state index contributed by atoms with van der Waals surface area (Å²) in [7, 11) is 0. The molecule has 0 aliphatic carbocycles. The maximum atomic E-state index is 13.7. The Balaban J connectivity index is 1.57. The third kappa shape index (κ3) is 7.93. The van der Waals surface area contributed by atoms with Gasteiger partial charge in [0.15, 0.2) is 0 Å². The van der Waals surface area contributed by atoms with E-state index in [0.29, 0.717) is 13.0 Å². The molecule has 1 atom stereocenters. The summed E-state index contributed by atoms with van der Waals surface area (Å²) >= 11 is 1.78. The standard InChI is InChI=1S/C31H46N2O2S/c1-5-6-7-8-9-10-11-12-13-14-29(34)33(24(2)3)23-30(35)32-21-19-28-27(20-22-36-28)31(32)26-17-15-25(4)16-18-26/h15-18,20,22,24,31H,5-14,19,21,23H2,1-4H3. The largest absolute Gasteiger partial charge is 0.331 e. The predicted octanol–water partition coefficient (Wildman–Crippen LogP) is 7.69. The van der Waals surface area contributed by atoms with Crippen molar-refractivity contribution in [2.24, 2.45) is 0 Å². The first kappa shape index (κ1) is 28.4. The van der Waals surface area contributed by atoms with Crippen molar-refractivity contribution in [3.05, 3.63) is 57.3 Å². The van der Waals surface area contributed by atoms with E-state index in [1.807, 2.05) is 18.7 Å². The van der Waals surface area contributed by atoms with E-state index >= 15 is 0 Å². The van der Waals surface area contributed by atoms with Gasteiger partial charge in [-0.2, -0.15) is 0 Å². The van der Waals surface area contributed by atoms with Crippen LogP contribution in [0, 0.1) is 6.92 Å². The molecule has 0 radical (unpaired) electrons. The van der Waals surface area contributed by atoms with E-state index in [1.54, 1.807) is 16.2 Å². The van der Waals surface area contributed by atoms with Crippen molar-refractivity contribution in [3.8, 4) is 0 Å². The molecule has 1 unspecified atom stereocenters. The van der Waals surface area contributed by atoms with Gasteiger partial charge in [-0.1, -0.05) is 88.1 Å². The first-order valence-electron chi connectivity index (χ1n) is 14.1. The zero-order valence-corrected chi connectivity index (χ0v) is 23.7. The van der Waals surface area contributed by atoms with Crippen LogP contribution in [0.5, 0.6) is 0 Å². The third-order valence-electron chi connectivity index (χ3n) is 7.42. The smallest absolute Gasteiger partial charge is 0.243 e. The van der Waals surface area contributed by atoms with E-state index in [-0.39, 0.29) is 30.4 Å². The number of unbranched alkanes of at least 4 members (excludes halogenated alkanes) is 8. The summed E-state index contributed by atoms with van der Waals surface area (Å²) in [5, 5.41) is 2.13. The second-order valence-corrected chi connectivity index (χ2v) is 11.6. The SMILES string of the molecule is CCCCCCCCCCCC(=O)N(CC(=O)N1CCc2sccc2C1c1ccc(C)cc1)C(C)C. The minimum absolute atomic E-state index is 0.0133. The van der Waals surface area contributed by atoms with Gasteiger partial charge in [0.1, 0.15) is 6.54 Å². The zero-order valence-electron chi connectivity index (χ0n) is 22.9. The maximum absolute atomic E-state index is 13.7. The van der Waals surface area contributed by atoms with E-state index in [0.717, 1.165) is 24.8 Å². The van der Waals surface area contributed by atoms with Gasteiger partial charge in [-0.25, -0.2) is 0 Å². The van der Waals surface area contributed by atoms with Crippen molar-refractivity contribution in [3.63, 3.8) is 0 Å². The summed E-state index contributed by atoms with van der Waals surface area (Å²) in [6.07, 6.45) is 12.5. The van der Waals surface area contributed by atoms with Gasteiger partial charge in [-0.15, -0.1) is 11.3 Å². The number of nitrogens with zero attached hydrogens (tertiary/aromatic N) is 2. The molecule has 1 aliphatic rings. The molecule has 0 spiro atoms. The number of hydrogen-bond acceptors (Lipinski definition) is 3. The fraction of sp³-hybridized carbons (Fsp3) is 0.613. The molecule has 0 saturated carbocycles. The molecule has 198 valence electrons. The number of thiophene rings is 1. The number of fused-ring (bicyclic) bond motifs is 1. The number of carbonyl (C=O) groups is 2. The summed E-state index contributed by atoms with van der Waals surface area (Å²) in [6, 6.07) is 10.6. The van der Waals surface area contributed by atoms with Crippen LogP contribution < -0.4 is 0 Å². The Morgan fingerprint density at radius 2 is 1.61 bits per heavy atom. The van der Waals surface area contributed by atoms with Crippen molar-refractivity contribution in [1.29, 1.82) is 0 Å². The highest BCUT2D eigenvalue weighted by Crippen LogP contribution is 2.38. The molecule has 36 heavy (non-hydrogen) atoms. The van der Waals surface area contributed by atoms with Gasteiger partial charge >= 0.3 is 0 Å². The van der Waals surface area contributed by atoms with Gasteiger partial charge in [0.2, 0.25) is 11.8 Å². The molecule has 1 aromatic carbocycles. The molecule has 2 amide bonds. The summed E-state index contributed by atoms with van der Waals surface area (Å²) in [6.45, 7) is 9.24. The summed E-state index contributed by atoms with van der Waals surface area (Å²) in [5.74, 6) is 0.160. The number of benzene rings is 1. The van der Waals surface area contributed by atoms with Crippen LogP contribution in [0.25, 0.3) is 0 Å². The molecule has 2 aromatic rings. The van der Waals surface area contributed by atoms with Gasteiger partial charge in [0, 0.05) is 23.9 Å². The summed E-state index contributed by atoms with van der Waals surface area (Å²) in [4.78, 5) is 31.9. The number of carbonyl (C=O) groups excluding carboxylic acids is 2. The molecular formula is C31H46N2O2S. The summed E-state index contributed by atoms with van der Waals surface area (Å²) < 4.78 is 0. The Bertz CT molecular complexity index is 950. The first-order chi connectivity index (χ1) is 17.4. The van der Waals surface area contributed by atoms with E-state index in [2.05, 4.69) is 49.6 Å². The number of aryl methyl sites for hydroxylation is 1. The molecule has 1 aromatic heterocycles. The van der Waals surface area contributed by atoms with Gasteiger partial charge < -0.3 is 9.80 Å². The number of rotatable bonds is 14. The molecule has 1 aliphatic heterocycles. The van der Waals surface area contributed by atoms with E-state index in [4.69, 9.17) is 0 Å². The van der Waals surface area contributed by atoms with Crippen LogP contribution in [-0.4, -0.2) is 40.7 Å². The molecule has 3 rings (SSSR count). The quantitative estimate of drug-likeness (QED) is 0.244. The first-order valence-corrected chi connectivity index (χ1v) is 15.0. The highest BCUT2D eigenvalue weighted by molar-refractivity contribution is 7.10. The fourth-order valence-corrected chi connectivity index (χ4v) is 6.12. The van der Waals surface area contributed by atoms with Crippen molar-refractivity contribution >= 4 is 23.2 Å². The molecule has 4 nitrogen and oxygen atoms in total. The average molecular weight is 511 g/mol. The molecule has 2 heterocycles. The van der Waals surface area contributed by atoms with Crippen LogP contribution in [0.15, 0.2) is 35.7 Å². The molecule has 0 bridgehead atoms. The Kier molecular flexibility index (Phi) is 11.5. The Morgan fingerprint density at radius 3 is 2.25 bits per heavy atom. The predicted molar refractivity (Wildman–Crippen MR) is 151 cm³/mol. The Labute approximate surface area is 223 Å². The zero-order chi connectivity index (χ0) is 25.9. The van der Waals surface area contributed by atoms with Crippen LogP contribution in [0.3, 0.4) is 0 Å². The second kappa shape index (κ2) is 14.6. The van der Waals surface area contributed by atoms with E-state index in [9.17, 15) is 9.59 Å². The van der Waals surface area contributed by atoms with Gasteiger partial charge in [-0.3, -0.25) is 9.59 Å². The van der Waals surface area contributed by atoms with Crippen molar-refractivity contribution in [2.75, 3.05) is 13.1 Å². The highest BCUT2D eigenvalue weighted by atomic mass is 32.1. The third-order valence-corrected chi connectivity index (χ3v) is 8.42. The van der Waals surface area contributed by atoms with E-state index in [1.165, 1.54) is 60.9 Å². The van der Waals surface area contributed by atoms with Crippen LogP contribution in [-0.2, 0) is 16.0 Å². The van der Waals surface area contributed by atoms with Crippen molar-refractivity contribution < 1.29 is 9.59 Å². The molecule has 0 fully saturated rings. The van der Waals surface area contributed by atoms with Crippen LogP contribution in [0.1, 0.15) is 113 Å². The lowest BCUT2D eigenvalue weighted by Gasteiger charge is -2.38. The minimum atomic E-state index is -0.0745. The normalized spacial score (nSPS) is 15.2. The topological polar surface area (TPSA) is 40.6 Å². The van der Waals surface area contributed by atoms with Crippen LogP contribution >= 0.6 is 11.3 Å². The molecule has 0 saturated heterocycles. The lowest BCUT2D eigenvalue weighted by Crippen LogP contribution is -2.48.